The molecule has 8 nitrogen and oxygen atoms in total. The van der Waals surface area contributed by atoms with Crippen molar-refractivity contribution in [2.24, 2.45) is 0 Å². The highest BCUT2D eigenvalue weighted by Crippen LogP contribution is 2.32. The van der Waals surface area contributed by atoms with Crippen LogP contribution in [0.15, 0.2) is 18.2 Å². The number of nitrogens with one attached hydrogen (secondary N) is 1. The summed E-state index contributed by atoms with van der Waals surface area (Å²) in [7, 11) is 1.31. The van der Waals surface area contributed by atoms with E-state index in [0.29, 0.717) is 16.1 Å². The van der Waals surface area contributed by atoms with Crippen LogP contribution in [-0.4, -0.2) is 30.5 Å². The number of anilines is 1. The van der Waals surface area contributed by atoms with E-state index in [1.54, 1.807) is 6.92 Å². The first-order valence-corrected chi connectivity index (χ1v) is 10.0. The Morgan fingerprint density at radius 3 is 2.55 bits per heavy atom. The molecule has 0 aliphatic rings. The highest BCUT2D eigenvalue weighted by molar-refractivity contribution is 7.14. The Balaban J connectivity index is 2.03. The van der Waals surface area contributed by atoms with Gasteiger partial charge in [-0.2, -0.15) is 0 Å². The molecule has 2 rings (SSSR count). The third-order valence-corrected chi connectivity index (χ3v) is 5.50. The van der Waals surface area contributed by atoms with Crippen molar-refractivity contribution in [2.45, 2.75) is 40.0 Å². The van der Waals surface area contributed by atoms with E-state index in [1.807, 2.05) is 13.0 Å². The van der Waals surface area contributed by atoms with Gasteiger partial charge in [-0.25, -0.2) is 4.79 Å². The van der Waals surface area contributed by atoms with E-state index in [-0.39, 0.29) is 11.4 Å². The van der Waals surface area contributed by atoms with E-state index in [0.717, 1.165) is 24.8 Å². The number of rotatable bonds is 9. The lowest BCUT2D eigenvalue weighted by atomic mass is 10.1. The molecule has 0 fully saturated rings. The van der Waals surface area contributed by atoms with Crippen LogP contribution in [0.5, 0.6) is 5.75 Å². The van der Waals surface area contributed by atoms with E-state index in [2.05, 4.69) is 12.2 Å². The van der Waals surface area contributed by atoms with Gasteiger partial charge in [0.25, 0.3) is 5.91 Å². The first kappa shape index (κ1) is 22.4. The van der Waals surface area contributed by atoms with E-state index in [1.165, 1.54) is 35.5 Å². The van der Waals surface area contributed by atoms with Crippen molar-refractivity contribution in [3.63, 3.8) is 0 Å². The molecule has 1 aromatic heterocycles. The molecule has 0 unspecified atom stereocenters. The topological polar surface area (TPSA) is 108 Å². The van der Waals surface area contributed by atoms with Gasteiger partial charge in [0.05, 0.1) is 12.0 Å². The first-order chi connectivity index (χ1) is 13.8. The Kier molecular flexibility index (Phi) is 7.72. The number of aryl methyl sites for hydroxylation is 3. The standard InChI is InChI=1S/C20H24N2O6S/c1-5-7-17-13(6-2)9-18(29-17)20(24)28-11-19(23)21-14-10-16(27-4)15(22(25)26)8-12(14)3/h8-10H,5-7,11H2,1-4H3,(H,21,23). The zero-order valence-electron chi connectivity index (χ0n) is 16.9. The number of carbonyl (C=O) groups is 2. The molecule has 1 amide bonds. The number of carbonyl (C=O) groups excluding carboxylic acids is 2. The van der Waals surface area contributed by atoms with Crippen molar-refractivity contribution < 1.29 is 24.0 Å². The summed E-state index contributed by atoms with van der Waals surface area (Å²) in [5.74, 6) is -1.05. The van der Waals surface area contributed by atoms with Gasteiger partial charge in [0.15, 0.2) is 12.4 Å². The van der Waals surface area contributed by atoms with Gasteiger partial charge in [0.2, 0.25) is 0 Å². The monoisotopic (exact) mass is 420 g/mol. The predicted octanol–water partition coefficient (Wildman–Crippen LogP) is 4.28. The van der Waals surface area contributed by atoms with E-state index < -0.39 is 23.4 Å². The maximum absolute atomic E-state index is 12.3. The van der Waals surface area contributed by atoms with Gasteiger partial charge in [-0.15, -0.1) is 11.3 Å². The fourth-order valence-electron chi connectivity index (χ4n) is 2.81. The molecule has 156 valence electrons. The molecular formula is C20H24N2O6S. The summed E-state index contributed by atoms with van der Waals surface area (Å²) in [6.07, 6.45) is 2.73. The third kappa shape index (κ3) is 5.54. The van der Waals surface area contributed by atoms with Crippen LogP contribution in [-0.2, 0) is 22.4 Å². The minimum Gasteiger partial charge on any atom is -0.490 e. The first-order valence-electron chi connectivity index (χ1n) is 9.22. The maximum Gasteiger partial charge on any atom is 0.348 e. The molecule has 0 aliphatic carbocycles. The van der Waals surface area contributed by atoms with Crippen LogP contribution in [0.25, 0.3) is 0 Å². The van der Waals surface area contributed by atoms with Gasteiger partial charge in [0.1, 0.15) is 4.88 Å². The Morgan fingerprint density at radius 1 is 1.24 bits per heavy atom. The molecule has 0 aliphatic heterocycles. The Bertz CT molecular complexity index is 922. The molecule has 1 aromatic carbocycles. The molecular weight excluding hydrogens is 396 g/mol. The lowest BCUT2D eigenvalue weighted by Crippen LogP contribution is -2.21. The van der Waals surface area contributed by atoms with Crippen molar-refractivity contribution in [3.8, 4) is 5.75 Å². The fraction of sp³-hybridized carbons (Fsp3) is 0.400. The van der Waals surface area contributed by atoms with Gasteiger partial charge in [0, 0.05) is 22.7 Å². The summed E-state index contributed by atoms with van der Waals surface area (Å²) in [5.41, 5.74) is 1.78. The Hall–Kier alpha value is -2.94. The Morgan fingerprint density at radius 2 is 1.97 bits per heavy atom. The average Bonchev–Trinajstić information content (AvgIpc) is 3.10. The number of nitrogens with zero attached hydrogens (tertiary/aromatic N) is 1. The smallest absolute Gasteiger partial charge is 0.348 e. The number of esters is 1. The van der Waals surface area contributed by atoms with E-state index in [4.69, 9.17) is 9.47 Å². The molecule has 0 saturated carbocycles. The van der Waals surface area contributed by atoms with Gasteiger partial charge < -0.3 is 14.8 Å². The molecule has 9 heteroatoms. The van der Waals surface area contributed by atoms with Crippen LogP contribution in [0.1, 0.15) is 45.9 Å². The largest absolute Gasteiger partial charge is 0.490 e. The van der Waals surface area contributed by atoms with Crippen molar-refractivity contribution >= 4 is 34.6 Å². The van der Waals surface area contributed by atoms with Crippen LogP contribution < -0.4 is 10.1 Å². The van der Waals surface area contributed by atoms with Crippen LogP contribution in [0.4, 0.5) is 11.4 Å². The lowest BCUT2D eigenvalue weighted by Gasteiger charge is -2.11. The Labute approximate surface area is 173 Å². The normalized spacial score (nSPS) is 10.5. The van der Waals surface area contributed by atoms with Crippen LogP contribution in [0.3, 0.4) is 0 Å². The van der Waals surface area contributed by atoms with Crippen molar-refractivity contribution in [1.29, 1.82) is 0 Å². The number of nitro benzene ring substituents is 1. The van der Waals surface area contributed by atoms with Crippen LogP contribution >= 0.6 is 11.3 Å². The second-order valence-corrected chi connectivity index (χ2v) is 7.52. The third-order valence-electron chi connectivity index (χ3n) is 4.29. The van der Waals surface area contributed by atoms with E-state index >= 15 is 0 Å². The summed E-state index contributed by atoms with van der Waals surface area (Å²) in [6, 6.07) is 4.51. The molecule has 0 bridgehead atoms. The molecule has 29 heavy (non-hydrogen) atoms. The zero-order chi connectivity index (χ0) is 21.6. The molecule has 0 atom stereocenters. The molecule has 0 spiro atoms. The van der Waals surface area contributed by atoms with E-state index in [9.17, 15) is 19.7 Å². The van der Waals surface area contributed by atoms with Crippen LogP contribution in [0.2, 0.25) is 0 Å². The lowest BCUT2D eigenvalue weighted by molar-refractivity contribution is -0.385. The van der Waals surface area contributed by atoms with Crippen LogP contribution in [0, 0.1) is 17.0 Å². The highest BCUT2D eigenvalue weighted by atomic mass is 32.1. The number of benzene rings is 1. The number of thiophene rings is 1. The maximum atomic E-state index is 12.3. The van der Waals surface area contributed by atoms with Crippen molar-refractivity contribution in [1.82, 2.24) is 0 Å². The summed E-state index contributed by atoms with van der Waals surface area (Å²) in [4.78, 5) is 36.6. The molecule has 0 radical (unpaired) electrons. The zero-order valence-corrected chi connectivity index (χ0v) is 17.7. The van der Waals surface area contributed by atoms with Crippen molar-refractivity contribution in [2.75, 3.05) is 19.0 Å². The molecule has 0 saturated heterocycles. The predicted molar refractivity (Wildman–Crippen MR) is 111 cm³/mol. The number of ether oxygens (including phenoxy) is 2. The van der Waals surface area contributed by atoms with Crippen molar-refractivity contribution in [3.05, 3.63) is 49.2 Å². The number of hydrogen-bond donors (Lipinski definition) is 1. The van der Waals surface area contributed by atoms with Gasteiger partial charge in [-0.3, -0.25) is 14.9 Å². The minimum atomic E-state index is -0.558. The number of amides is 1. The number of nitro groups is 1. The number of methoxy groups -OCH3 is 1. The minimum absolute atomic E-state index is 0.0297. The quantitative estimate of drug-likeness (QED) is 0.368. The molecule has 1 N–H and O–H groups in total. The fourth-order valence-corrected chi connectivity index (χ4v) is 4.06. The van der Waals surface area contributed by atoms with Gasteiger partial charge in [-0.1, -0.05) is 20.3 Å². The molecule has 2 aromatic rings. The summed E-state index contributed by atoms with van der Waals surface area (Å²) in [5, 5.41) is 13.6. The van der Waals surface area contributed by atoms with Gasteiger partial charge in [-0.05, 0) is 37.0 Å². The number of hydrogen-bond acceptors (Lipinski definition) is 7. The summed E-state index contributed by atoms with van der Waals surface area (Å²) >= 11 is 1.40. The highest BCUT2D eigenvalue weighted by Gasteiger charge is 2.20. The summed E-state index contributed by atoms with van der Waals surface area (Å²) < 4.78 is 10.1. The second kappa shape index (κ2) is 10.0. The SMILES string of the molecule is CCCc1sc(C(=O)OCC(=O)Nc2cc(OC)c([N+](=O)[O-])cc2C)cc1CC. The van der Waals surface area contributed by atoms with Gasteiger partial charge >= 0.3 is 11.7 Å². The second-order valence-electron chi connectivity index (χ2n) is 6.38. The molecule has 1 heterocycles. The summed E-state index contributed by atoms with van der Waals surface area (Å²) in [6.45, 7) is 5.28. The average molecular weight is 420 g/mol.